The van der Waals surface area contributed by atoms with E-state index >= 15 is 0 Å². The molecule has 1 saturated heterocycles. The number of carbonyl (C=O) groups is 1. The van der Waals surface area contributed by atoms with E-state index in [4.69, 9.17) is 10.5 Å². The predicted molar refractivity (Wildman–Crippen MR) is 59.5 cm³/mol. The van der Waals surface area contributed by atoms with Crippen LogP contribution in [-0.2, 0) is 9.53 Å². The third-order valence-electron chi connectivity index (χ3n) is 3.13. The first-order valence-electron chi connectivity index (χ1n) is 5.83. The van der Waals surface area contributed by atoms with Crippen LogP contribution in [0, 0.1) is 5.41 Å². The summed E-state index contributed by atoms with van der Waals surface area (Å²) in [5.41, 5.74) is 5.25. The van der Waals surface area contributed by atoms with Crippen molar-refractivity contribution in [3.8, 4) is 0 Å². The lowest BCUT2D eigenvalue weighted by Gasteiger charge is -2.35. The molecule has 0 aromatic heterocycles. The van der Waals surface area contributed by atoms with Gasteiger partial charge in [-0.05, 0) is 52.2 Å². The SMILES string of the molecule is CCOC(=O)C1(CCCN)CCNCC1. The topological polar surface area (TPSA) is 64.3 Å². The number of carbonyl (C=O) groups excluding carboxylic acids is 1. The lowest BCUT2D eigenvalue weighted by molar-refractivity contribution is -0.157. The van der Waals surface area contributed by atoms with Crippen LogP contribution < -0.4 is 11.1 Å². The van der Waals surface area contributed by atoms with Crippen LogP contribution in [0.2, 0.25) is 0 Å². The van der Waals surface area contributed by atoms with E-state index in [0.29, 0.717) is 13.2 Å². The van der Waals surface area contributed by atoms with E-state index in [9.17, 15) is 4.79 Å². The minimum atomic E-state index is -0.263. The lowest BCUT2D eigenvalue weighted by Crippen LogP contribution is -2.43. The quantitative estimate of drug-likeness (QED) is 0.660. The first-order chi connectivity index (χ1) is 7.25. The molecule has 0 aromatic carbocycles. The molecule has 0 saturated carbocycles. The Labute approximate surface area is 91.5 Å². The zero-order valence-electron chi connectivity index (χ0n) is 9.55. The number of hydrogen-bond donors (Lipinski definition) is 2. The van der Waals surface area contributed by atoms with Gasteiger partial charge in [-0.1, -0.05) is 0 Å². The number of ether oxygens (including phenoxy) is 1. The predicted octanol–water partition coefficient (Wildman–Crippen LogP) is 0.658. The van der Waals surface area contributed by atoms with Crippen molar-refractivity contribution in [1.29, 1.82) is 0 Å². The van der Waals surface area contributed by atoms with Gasteiger partial charge in [0, 0.05) is 0 Å². The van der Waals surface area contributed by atoms with Gasteiger partial charge >= 0.3 is 5.97 Å². The molecule has 0 unspecified atom stereocenters. The van der Waals surface area contributed by atoms with Crippen molar-refractivity contribution in [1.82, 2.24) is 5.32 Å². The van der Waals surface area contributed by atoms with Crippen LogP contribution in [-0.4, -0.2) is 32.2 Å². The number of rotatable bonds is 5. The van der Waals surface area contributed by atoms with E-state index in [2.05, 4.69) is 5.32 Å². The summed E-state index contributed by atoms with van der Waals surface area (Å²) in [6.07, 6.45) is 3.53. The van der Waals surface area contributed by atoms with Gasteiger partial charge in [0.2, 0.25) is 0 Å². The van der Waals surface area contributed by atoms with Gasteiger partial charge in [0.05, 0.1) is 12.0 Å². The van der Waals surface area contributed by atoms with Crippen molar-refractivity contribution in [2.24, 2.45) is 11.1 Å². The highest BCUT2D eigenvalue weighted by atomic mass is 16.5. The van der Waals surface area contributed by atoms with Gasteiger partial charge < -0.3 is 15.8 Å². The molecule has 3 N–H and O–H groups in total. The van der Waals surface area contributed by atoms with Crippen molar-refractivity contribution in [2.75, 3.05) is 26.2 Å². The van der Waals surface area contributed by atoms with Gasteiger partial charge in [-0.3, -0.25) is 4.79 Å². The molecule has 1 aliphatic heterocycles. The molecule has 0 amide bonds. The van der Waals surface area contributed by atoms with Crippen LogP contribution in [0.5, 0.6) is 0 Å². The van der Waals surface area contributed by atoms with Crippen molar-refractivity contribution in [2.45, 2.75) is 32.6 Å². The molecule has 1 aliphatic rings. The highest BCUT2D eigenvalue weighted by Gasteiger charge is 2.39. The molecule has 1 fully saturated rings. The molecule has 0 atom stereocenters. The van der Waals surface area contributed by atoms with Gasteiger partial charge in [-0.2, -0.15) is 0 Å². The van der Waals surface area contributed by atoms with E-state index in [1.807, 2.05) is 6.92 Å². The molecule has 1 heterocycles. The molecule has 0 aliphatic carbocycles. The van der Waals surface area contributed by atoms with Crippen LogP contribution in [0.4, 0.5) is 0 Å². The van der Waals surface area contributed by atoms with Crippen LogP contribution in [0.3, 0.4) is 0 Å². The van der Waals surface area contributed by atoms with Crippen molar-refractivity contribution in [3.63, 3.8) is 0 Å². The van der Waals surface area contributed by atoms with Crippen molar-refractivity contribution < 1.29 is 9.53 Å². The number of nitrogens with one attached hydrogen (secondary N) is 1. The minimum Gasteiger partial charge on any atom is -0.466 e. The zero-order valence-corrected chi connectivity index (χ0v) is 9.55. The second-order valence-electron chi connectivity index (χ2n) is 4.14. The Balaban J connectivity index is 2.61. The molecule has 0 aromatic rings. The average Bonchev–Trinajstić information content (AvgIpc) is 2.28. The number of piperidine rings is 1. The molecular formula is C11H22N2O2. The van der Waals surface area contributed by atoms with Crippen LogP contribution in [0.1, 0.15) is 32.6 Å². The van der Waals surface area contributed by atoms with Gasteiger partial charge in [0.15, 0.2) is 0 Å². The van der Waals surface area contributed by atoms with E-state index < -0.39 is 0 Å². The number of esters is 1. The smallest absolute Gasteiger partial charge is 0.312 e. The van der Waals surface area contributed by atoms with Gasteiger partial charge in [-0.25, -0.2) is 0 Å². The summed E-state index contributed by atoms with van der Waals surface area (Å²) < 4.78 is 5.17. The summed E-state index contributed by atoms with van der Waals surface area (Å²) in [6, 6.07) is 0. The van der Waals surface area contributed by atoms with Crippen molar-refractivity contribution >= 4 is 5.97 Å². The average molecular weight is 214 g/mol. The summed E-state index contributed by atoms with van der Waals surface area (Å²) in [4.78, 5) is 11.9. The van der Waals surface area contributed by atoms with E-state index in [-0.39, 0.29) is 11.4 Å². The second-order valence-corrected chi connectivity index (χ2v) is 4.14. The normalized spacial score (nSPS) is 19.9. The number of nitrogens with two attached hydrogens (primary N) is 1. The molecule has 15 heavy (non-hydrogen) atoms. The Kier molecular flexibility index (Phi) is 5.05. The Morgan fingerprint density at radius 3 is 2.67 bits per heavy atom. The highest BCUT2D eigenvalue weighted by Crippen LogP contribution is 2.35. The molecule has 1 rings (SSSR count). The molecule has 4 heteroatoms. The summed E-state index contributed by atoms with van der Waals surface area (Å²) >= 11 is 0. The molecule has 88 valence electrons. The second kappa shape index (κ2) is 6.08. The molecular weight excluding hydrogens is 192 g/mol. The fourth-order valence-corrected chi connectivity index (χ4v) is 2.19. The molecule has 0 bridgehead atoms. The first-order valence-corrected chi connectivity index (χ1v) is 5.83. The standard InChI is InChI=1S/C11H22N2O2/c1-2-15-10(14)11(4-3-7-12)5-8-13-9-6-11/h13H,2-9,12H2,1H3. The van der Waals surface area contributed by atoms with Crippen LogP contribution in [0.15, 0.2) is 0 Å². The third kappa shape index (κ3) is 3.18. The van der Waals surface area contributed by atoms with Crippen LogP contribution >= 0.6 is 0 Å². The summed E-state index contributed by atoms with van der Waals surface area (Å²) in [5.74, 6) is -0.0278. The summed E-state index contributed by atoms with van der Waals surface area (Å²) in [6.45, 7) is 4.79. The maximum atomic E-state index is 11.9. The highest BCUT2D eigenvalue weighted by molar-refractivity contribution is 5.77. The lowest BCUT2D eigenvalue weighted by atomic mass is 9.75. The maximum Gasteiger partial charge on any atom is 0.312 e. The largest absolute Gasteiger partial charge is 0.466 e. The fourth-order valence-electron chi connectivity index (χ4n) is 2.19. The van der Waals surface area contributed by atoms with Gasteiger partial charge in [0.1, 0.15) is 0 Å². The zero-order chi connectivity index (χ0) is 11.1. The van der Waals surface area contributed by atoms with E-state index in [1.54, 1.807) is 0 Å². The van der Waals surface area contributed by atoms with Crippen LogP contribution in [0.25, 0.3) is 0 Å². The first kappa shape index (κ1) is 12.5. The Morgan fingerprint density at radius 1 is 1.47 bits per heavy atom. The Bertz CT molecular complexity index is 201. The van der Waals surface area contributed by atoms with E-state index in [0.717, 1.165) is 38.8 Å². The Hall–Kier alpha value is -0.610. The molecule has 4 nitrogen and oxygen atoms in total. The third-order valence-corrected chi connectivity index (χ3v) is 3.13. The fraction of sp³-hybridized carbons (Fsp3) is 0.909. The maximum absolute atomic E-state index is 11.9. The van der Waals surface area contributed by atoms with Gasteiger partial charge in [0.25, 0.3) is 0 Å². The van der Waals surface area contributed by atoms with Crippen molar-refractivity contribution in [3.05, 3.63) is 0 Å². The monoisotopic (exact) mass is 214 g/mol. The summed E-state index contributed by atoms with van der Waals surface area (Å²) in [7, 11) is 0. The summed E-state index contributed by atoms with van der Waals surface area (Å²) in [5, 5.41) is 3.27. The van der Waals surface area contributed by atoms with Gasteiger partial charge in [-0.15, -0.1) is 0 Å². The molecule has 0 radical (unpaired) electrons. The minimum absolute atomic E-state index is 0.0278. The van der Waals surface area contributed by atoms with E-state index in [1.165, 1.54) is 0 Å². The molecule has 0 spiro atoms. The number of hydrogen-bond acceptors (Lipinski definition) is 4. The Morgan fingerprint density at radius 2 is 2.13 bits per heavy atom.